The first-order chi connectivity index (χ1) is 5.79. The average molecular weight is 161 g/mol. The van der Waals surface area contributed by atoms with Crippen LogP contribution in [0.3, 0.4) is 0 Å². The second-order valence-electron chi connectivity index (χ2n) is 3.16. The van der Waals surface area contributed by atoms with Gasteiger partial charge in [0.15, 0.2) is 0 Å². The monoisotopic (exact) mass is 161 g/mol. The van der Waals surface area contributed by atoms with Crippen molar-refractivity contribution in [2.24, 2.45) is 0 Å². The number of aromatic nitrogens is 3. The highest BCUT2D eigenvalue weighted by Crippen LogP contribution is 2.19. The lowest BCUT2D eigenvalue weighted by atomic mass is 10.1. The van der Waals surface area contributed by atoms with E-state index in [1.807, 2.05) is 16.9 Å². The van der Waals surface area contributed by atoms with E-state index in [0.717, 1.165) is 5.52 Å². The molecule has 0 atom stereocenters. The van der Waals surface area contributed by atoms with Crippen LogP contribution in [-0.2, 0) is 0 Å². The van der Waals surface area contributed by atoms with E-state index in [1.165, 1.54) is 5.56 Å². The standard InChI is InChI=1S/C9H11N3/c1-7(2)8-3-4-12-9(8)5-10-6-11-12/h3-7H,1-2H3. The Morgan fingerprint density at radius 3 is 3.00 bits per heavy atom. The van der Waals surface area contributed by atoms with E-state index in [4.69, 9.17) is 0 Å². The molecule has 0 amide bonds. The zero-order valence-electron chi connectivity index (χ0n) is 7.23. The van der Waals surface area contributed by atoms with E-state index < -0.39 is 0 Å². The lowest BCUT2D eigenvalue weighted by molar-refractivity contribution is 0.860. The van der Waals surface area contributed by atoms with E-state index in [-0.39, 0.29) is 0 Å². The Morgan fingerprint density at radius 1 is 1.42 bits per heavy atom. The molecule has 0 aromatic carbocycles. The number of hydrogen-bond acceptors (Lipinski definition) is 2. The molecule has 0 saturated carbocycles. The molecule has 0 spiro atoms. The van der Waals surface area contributed by atoms with Gasteiger partial charge in [-0.2, -0.15) is 5.10 Å². The Hall–Kier alpha value is -1.38. The van der Waals surface area contributed by atoms with Crippen molar-refractivity contribution in [2.75, 3.05) is 0 Å². The molecule has 0 N–H and O–H groups in total. The van der Waals surface area contributed by atoms with Crippen LogP contribution in [0.5, 0.6) is 0 Å². The van der Waals surface area contributed by atoms with Gasteiger partial charge in [0, 0.05) is 6.20 Å². The third kappa shape index (κ3) is 0.978. The van der Waals surface area contributed by atoms with E-state index in [9.17, 15) is 0 Å². The third-order valence-electron chi connectivity index (χ3n) is 2.00. The van der Waals surface area contributed by atoms with Gasteiger partial charge < -0.3 is 0 Å². The van der Waals surface area contributed by atoms with E-state index in [1.54, 1.807) is 6.33 Å². The molecule has 0 saturated heterocycles. The SMILES string of the molecule is CC(C)c1ccn2ncncc12. The molecule has 2 aromatic heterocycles. The molecule has 2 aromatic rings. The average Bonchev–Trinajstić information content (AvgIpc) is 2.47. The molecule has 0 fully saturated rings. The summed E-state index contributed by atoms with van der Waals surface area (Å²) in [4.78, 5) is 4.00. The predicted molar refractivity (Wildman–Crippen MR) is 47.1 cm³/mol. The van der Waals surface area contributed by atoms with Gasteiger partial charge in [0.2, 0.25) is 0 Å². The maximum Gasteiger partial charge on any atom is 0.136 e. The molecule has 2 heterocycles. The fraction of sp³-hybridized carbons (Fsp3) is 0.333. The van der Waals surface area contributed by atoms with Crippen LogP contribution >= 0.6 is 0 Å². The predicted octanol–water partition coefficient (Wildman–Crippen LogP) is 1.85. The molecule has 62 valence electrons. The fourth-order valence-electron chi connectivity index (χ4n) is 1.36. The van der Waals surface area contributed by atoms with Crippen LogP contribution in [0.4, 0.5) is 0 Å². The Balaban J connectivity index is 2.70. The highest BCUT2D eigenvalue weighted by atomic mass is 15.2. The van der Waals surface area contributed by atoms with Crippen molar-refractivity contribution >= 4 is 5.52 Å². The Labute approximate surface area is 71.1 Å². The summed E-state index contributed by atoms with van der Waals surface area (Å²) in [5.41, 5.74) is 2.41. The highest BCUT2D eigenvalue weighted by Gasteiger charge is 2.05. The quantitative estimate of drug-likeness (QED) is 0.639. The Bertz CT molecular complexity index is 389. The summed E-state index contributed by atoms with van der Waals surface area (Å²) in [5, 5.41) is 4.09. The summed E-state index contributed by atoms with van der Waals surface area (Å²) in [6.07, 6.45) is 5.37. The van der Waals surface area contributed by atoms with Crippen molar-refractivity contribution in [3.8, 4) is 0 Å². The molecule has 0 aliphatic heterocycles. The van der Waals surface area contributed by atoms with Crippen molar-refractivity contribution in [1.29, 1.82) is 0 Å². The van der Waals surface area contributed by atoms with Crippen LogP contribution in [0.2, 0.25) is 0 Å². The topological polar surface area (TPSA) is 30.2 Å². The number of nitrogens with zero attached hydrogens (tertiary/aromatic N) is 3. The van der Waals surface area contributed by atoms with Gasteiger partial charge in [-0.15, -0.1) is 0 Å². The van der Waals surface area contributed by atoms with Gasteiger partial charge >= 0.3 is 0 Å². The summed E-state index contributed by atoms with van der Waals surface area (Å²) in [6, 6.07) is 2.09. The first-order valence-electron chi connectivity index (χ1n) is 4.06. The molecular weight excluding hydrogens is 150 g/mol. The fourth-order valence-corrected chi connectivity index (χ4v) is 1.36. The maximum absolute atomic E-state index is 4.09. The van der Waals surface area contributed by atoms with Crippen LogP contribution in [0.25, 0.3) is 5.52 Å². The maximum atomic E-state index is 4.09. The lowest BCUT2D eigenvalue weighted by Gasteiger charge is -2.01. The number of fused-ring (bicyclic) bond motifs is 1. The minimum absolute atomic E-state index is 0.529. The second-order valence-corrected chi connectivity index (χ2v) is 3.16. The normalized spacial score (nSPS) is 11.2. The summed E-state index contributed by atoms with van der Waals surface area (Å²) < 4.78 is 1.85. The van der Waals surface area contributed by atoms with E-state index in [0.29, 0.717) is 5.92 Å². The minimum Gasteiger partial charge on any atom is -0.241 e. The molecule has 12 heavy (non-hydrogen) atoms. The Kier molecular flexibility index (Phi) is 1.57. The zero-order valence-corrected chi connectivity index (χ0v) is 7.23. The molecule has 0 bridgehead atoms. The largest absolute Gasteiger partial charge is 0.241 e. The van der Waals surface area contributed by atoms with Gasteiger partial charge in [-0.25, -0.2) is 9.50 Å². The molecule has 0 aliphatic rings. The van der Waals surface area contributed by atoms with Gasteiger partial charge in [0.05, 0.1) is 11.7 Å². The summed E-state index contributed by atoms with van der Waals surface area (Å²) in [6.45, 7) is 4.34. The van der Waals surface area contributed by atoms with E-state index >= 15 is 0 Å². The van der Waals surface area contributed by atoms with Gasteiger partial charge in [-0.1, -0.05) is 13.8 Å². The lowest BCUT2D eigenvalue weighted by Crippen LogP contribution is -1.92. The molecule has 0 unspecified atom stereocenters. The summed E-state index contributed by atoms with van der Waals surface area (Å²) in [5.74, 6) is 0.529. The second kappa shape index (κ2) is 2.59. The Morgan fingerprint density at radius 2 is 2.25 bits per heavy atom. The molecule has 0 aliphatic carbocycles. The van der Waals surface area contributed by atoms with Crippen molar-refractivity contribution in [3.63, 3.8) is 0 Å². The van der Waals surface area contributed by atoms with Crippen LogP contribution < -0.4 is 0 Å². The highest BCUT2D eigenvalue weighted by molar-refractivity contribution is 5.54. The van der Waals surface area contributed by atoms with Crippen LogP contribution in [-0.4, -0.2) is 14.6 Å². The van der Waals surface area contributed by atoms with Crippen molar-refractivity contribution in [1.82, 2.24) is 14.6 Å². The number of hydrogen-bond donors (Lipinski definition) is 0. The van der Waals surface area contributed by atoms with Gasteiger partial charge in [-0.05, 0) is 17.5 Å². The molecular formula is C9H11N3. The first kappa shape index (κ1) is 7.28. The third-order valence-corrected chi connectivity index (χ3v) is 2.00. The zero-order chi connectivity index (χ0) is 8.55. The van der Waals surface area contributed by atoms with Crippen LogP contribution in [0.1, 0.15) is 25.3 Å². The van der Waals surface area contributed by atoms with Crippen molar-refractivity contribution in [3.05, 3.63) is 30.4 Å². The molecule has 0 radical (unpaired) electrons. The smallest absolute Gasteiger partial charge is 0.136 e. The van der Waals surface area contributed by atoms with Gasteiger partial charge in [-0.3, -0.25) is 0 Å². The van der Waals surface area contributed by atoms with Crippen LogP contribution in [0, 0.1) is 0 Å². The molecule has 3 nitrogen and oxygen atoms in total. The van der Waals surface area contributed by atoms with Gasteiger partial charge in [0.1, 0.15) is 6.33 Å². The summed E-state index contributed by atoms with van der Waals surface area (Å²) >= 11 is 0. The molecule has 2 rings (SSSR count). The molecule has 3 heteroatoms. The van der Waals surface area contributed by atoms with Crippen LogP contribution in [0.15, 0.2) is 24.8 Å². The first-order valence-corrected chi connectivity index (χ1v) is 4.06. The van der Waals surface area contributed by atoms with Crippen molar-refractivity contribution in [2.45, 2.75) is 19.8 Å². The number of rotatable bonds is 1. The van der Waals surface area contributed by atoms with E-state index in [2.05, 4.69) is 30.0 Å². The van der Waals surface area contributed by atoms with Gasteiger partial charge in [0.25, 0.3) is 0 Å². The van der Waals surface area contributed by atoms with Crippen molar-refractivity contribution < 1.29 is 0 Å². The summed E-state index contributed by atoms with van der Waals surface area (Å²) in [7, 11) is 0. The minimum atomic E-state index is 0.529.